The van der Waals surface area contributed by atoms with Crippen LogP contribution >= 0.6 is 11.6 Å². The van der Waals surface area contributed by atoms with Crippen LogP contribution in [0.15, 0.2) is 24.3 Å². The Labute approximate surface area is 104 Å². The minimum absolute atomic E-state index is 0.0793. The van der Waals surface area contributed by atoms with E-state index in [1.807, 2.05) is 0 Å². The first-order valence-corrected chi connectivity index (χ1v) is 5.70. The molecule has 0 unspecified atom stereocenters. The fourth-order valence-electron chi connectivity index (χ4n) is 1.92. The van der Waals surface area contributed by atoms with Crippen LogP contribution in [0, 0.1) is 5.92 Å². The van der Waals surface area contributed by atoms with Crippen LogP contribution in [0.5, 0.6) is 0 Å². The average Bonchev–Trinajstić information content (AvgIpc) is 2.21. The molecule has 0 aliphatic carbocycles. The van der Waals surface area contributed by atoms with E-state index in [0.717, 1.165) is 0 Å². The van der Waals surface area contributed by atoms with Crippen molar-refractivity contribution in [3.63, 3.8) is 0 Å². The molecule has 1 heterocycles. The van der Waals surface area contributed by atoms with Gasteiger partial charge in [-0.05, 0) is 18.2 Å². The van der Waals surface area contributed by atoms with Gasteiger partial charge in [-0.3, -0.25) is 9.59 Å². The fourth-order valence-corrected chi connectivity index (χ4v) is 2.11. The molecule has 0 aromatic heterocycles. The van der Waals surface area contributed by atoms with Crippen LogP contribution in [-0.4, -0.2) is 35.0 Å². The summed E-state index contributed by atoms with van der Waals surface area (Å²) in [6.45, 7) is 1.02. The SMILES string of the molecule is O=C(O)CC1CN(C(=O)c2cccc(Cl)c2)C1. The monoisotopic (exact) mass is 253 g/mol. The zero-order chi connectivity index (χ0) is 12.4. The van der Waals surface area contributed by atoms with Crippen molar-refractivity contribution in [2.75, 3.05) is 13.1 Å². The summed E-state index contributed by atoms with van der Waals surface area (Å²) in [4.78, 5) is 24.0. The van der Waals surface area contributed by atoms with Gasteiger partial charge in [-0.25, -0.2) is 0 Å². The van der Waals surface area contributed by atoms with E-state index in [1.165, 1.54) is 0 Å². The van der Waals surface area contributed by atoms with Gasteiger partial charge in [-0.1, -0.05) is 17.7 Å². The molecule has 1 amide bonds. The molecule has 0 radical (unpaired) electrons. The van der Waals surface area contributed by atoms with Gasteiger partial charge in [-0.2, -0.15) is 0 Å². The maximum absolute atomic E-state index is 11.9. The molecule has 1 N–H and O–H groups in total. The predicted octanol–water partition coefficient (Wildman–Crippen LogP) is 1.89. The normalized spacial score (nSPS) is 15.5. The lowest BCUT2D eigenvalue weighted by Gasteiger charge is -2.38. The lowest BCUT2D eigenvalue weighted by molar-refractivity contribution is -0.139. The first-order chi connectivity index (χ1) is 8.06. The first-order valence-electron chi connectivity index (χ1n) is 5.33. The van der Waals surface area contributed by atoms with Crippen LogP contribution < -0.4 is 0 Å². The Morgan fingerprint density at radius 1 is 1.41 bits per heavy atom. The highest BCUT2D eigenvalue weighted by Gasteiger charge is 2.32. The minimum atomic E-state index is -0.815. The average molecular weight is 254 g/mol. The Morgan fingerprint density at radius 3 is 2.71 bits per heavy atom. The van der Waals surface area contributed by atoms with Crippen molar-refractivity contribution in [2.45, 2.75) is 6.42 Å². The number of rotatable bonds is 3. The molecule has 1 aromatic carbocycles. The minimum Gasteiger partial charge on any atom is -0.481 e. The Hall–Kier alpha value is -1.55. The van der Waals surface area contributed by atoms with Crippen molar-refractivity contribution >= 4 is 23.5 Å². The summed E-state index contributed by atoms with van der Waals surface area (Å²) >= 11 is 5.80. The summed E-state index contributed by atoms with van der Waals surface area (Å²) in [5, 5.41) is 9.13. The van der Waals surface area contributed by atoms with Gasteiger partial charge in [-0.15, -0.1) is 0 Å². The summed E-state index contributed by atoms with van der Waals surface area (Å²) in [5.41, 5.74) is 0.547. The molecule has 1 fully saturated rings. The molecule has 0 spiro atoms. The Kier molecular flexibility index (Phi) is 3.33. The largest absolute Gasteiger partial charge is 0.481 e. The van der Waals surface area contributed by atoms with E-state index in [-0.39, 0.29) is 18.2 Å². The quantitative estimate of drug-likeness (QED) is 0.895. The van der Waals surface area contributed by atoms with Crippen LogP contribution in [0.2, 0.25) is 5.02 Å². The molecule has 0 bridgehead atoms. The predicted molar refractivity (Wildman–Crippen MR) is 63.1 cm³/mol. The van der Waals surface area contributed by atoms with Crippen molar-refractivity contribution < 1.29 is 14.7 Å². The number of amides is 1. The van der Waals surface area contributed by atoms with Gasteiger partial charge < -0.3 is 10.0 Å². The second-order valence-electron chi connectivity index (χ2n) is 4.18. The van der Waals surface area contributed by atoms with Gasteiger partial charge in [0.15, 0.2) is 0 Å². The number of carboxylic acids is 1. The van der Waals surface area contributed by atoms with Crippen molar-refractivity contribution in [3.05, 3.63) is 34.9 Å². The maximum Gasteiger partial charge on any atom is 0.303 e. The molecule has 0 saturated carbocycles. The lowest BCUT2D eigenvalue weighted by atomic mass is 9.95. The number of likely N-dealkylation sites (tertiary alicyclic amines) is 1. The number of hydrogen-bond donors (Lipinski definition) is 1. The summed E-state index contributed by atoms with van der Waals surface area (Å²) in [5.74, 6) is -0.824. The molecule has 17 heavy (non-hydrogen) atoms. The molecule has 2 rings (SSSR count). The van der Waals surface area contributed by atoms with Gasteiger partial charge in [0.1, 0.15) is 0 Å². The van der Waals surface area contributed by atoms with Crippen molar-refractivity contribution in [1.82, 2.24) is 4.90 Å². The van der Waals surface area contributed by atoms with Crippen molar-refractivity contribution in [1.29, 1.82) is 0 Å². The molecular weight excluding hydrogens is 242 g/mol. The second kappa shape index (κ2) is 4.75. The highest BCUT2D eigenvalue weighted by Crippen LogP contribution is 2.22. The lowest BCUT2D eigenvalue weighted by Crippen LogP contribution is -2.50. The summed E-state index contributed by atoms with van der Waals surface area (Å²) in [7, 11) is 0. The number of hydrogen-bond acceptors (Lipinski definition) is 2. The molecule has 90 valence electrons. The van der Waals surface area contributed by atoms with E-state index in [0.29, 0.717) is 23.7 Å². The number of nitrogens with zero attached hydrogens (tertiary/aromatic N) is 1. The zero-order valence-electron chi connectivity index (χ0n) is 9.10. The van der Waals surface area contributed by atoms with Gasteiger partial charge in [0, 0.05) is 29.6 Å². The van der Waals surface area contributed by atoms with E-state index in [9.17, 15) is 9.59 Å². The molecule has 4 nitrogen and oxygen atoms in total. The summed E-state index contributed by atoms with van der Waals surface area (Å²) < 4.78 is 0. The number of carboxylic acid groups (broad SMARTS) is 1. The van der Waals surface area contributed by atoms with Crippen LogP contribution in [0.4, 0.5) is 0 Å². The topological polar surface area (TPSA) is 57.6 Å². The number of carbonyl (C=O) groups is 2. The van der Waals surface area contributed by atoms with E-state index in [1.54, 1.807) is 29.2 Å². The van der Waals surface area contributed by atoms with E-state index in [2.05, 4.69) is 0 Å². The van der Waals surface area contributed by atoms with Crippen LogP contribution in [0.3, 0.4) is 0 Å². The standard InChI is InChI=1S/C12H12ClNO3/c13-10-3-1-2-9(5-10)12(17)14-6-8(7-14)4-11(15)16/h1-3,5,8H,4,6-7H2,(H,15,16). The Bertz CT molecular complexity index is 455. The summed E-state index contributed by atoms with van der Waals surface area (Å²) in [6, 6.07) is 6.76. The number of aliphatic carboxylic acids is 1. The third kappa shape index (κ3) is 2.77. The second-order valence-corrected chi connectivity index (χ2v) is 4.62. The van der Waals surface area contributed by atoms with Gasteiger partial charge in [0.25, 0.3) is 5.91 Å². The van der Waals surface area contributed by atoms with Gasteiger partial charge in [0.05, 0.1) is 6.42 Å². The van der Waals surface area contributed by atoms with E-state index >= 15 is 0 Å². The highest BCUT2D eigenvalue weighted by atomic mass is 35.5. The fraction of sp³-hybridized carbons (Fsp3) is 0.333. The zero-order valence-corrected chi connectivity index (χ0v) is 9.85. The Morgan fingerprint density at radius 2 is 2.12 bits per heavy atom. The van der Waals surface area contributed by atoms with Gasteiger partial charge >= 0.3 is 5.97 Å². The third-order valence-electron chi connectivity index (χ3n) is 2.78. The number of halogens is 1. The number of carbonyl (C=O) groups excluding carboxylic acids is 1. The summed E-state index contributed by atoms with van der Waals surface area (Å²) in [6.07, 6.45) is 0.124. The molecule has 0 atom stereocenters. The number of benzene rings is 1. The van der Waals surface area contributed by atoms with Crippen molar-refractivity contribution in [3.8, 4) is 0 Å². The Balaban J connectivity index is 1.93. The van der Waals surface area contributed by atoms with Crippen molar-refractivity contribution in [2.24, 2.45) is 5.92 Å². The molecule has 1 aromatic rings. The third-order valence-corrected chi connectivity index (χ3v) is 3.01. The van der Waals surface area contributed by atoms with E-state index in [4.69, 9.17) is 16.7 Å². The highest BCUT2D eigenvalue weighted by molar-refractivity contribution is 6.30. The molecule has 1 aliphatic heterocycles. The van der Waals surface area contributed by atoms with Crippen LogP contribution in [-0.2, 0) is 4.79 Å². The van der Waals surface area contributed by atoms with E-state index < -0.39 is 5.97 Å². The molecule has 1 saturated heterocycles. The van der Waals surface area contributed by atoms with Gasteiger partial charge in [0.2, 0.25) is 0 Å². The maximum atomic E-state index is 11.9. The molecule has 5 heteroatoms. The van der Waals surface area contributed by atoms with Crippen LogP contribution in [0.25, 0.3) is 0 Å². The molecular formula is C12H12ClNO3. The smallest absolute Gasteiger partial charge is 0.303 e. The van der Waals surface area contributed by atoms with Crippen LogP contribution in [0.1, 0.15) is 16.8 Å². The first kappa shape index (κ1) is 11.9. The molecule has 1 aliphatic rings.